The summed E-state index contributed by atoms with van der Waals surface area (Å²) in [7, 11) is 0. The summed E-state index contributed by atoms with van der Waals surface area (Å²) >= 11 is 0. The molecule has 0 bridgehead atoms. The van der Waals surface area contributed by atoms with Gasteiger partial charge in [-0.2, -0.15) is 0 Å². The molecule has 5 nitrogen and oxygen atoms in total. The molecule has 5 heteroatoms. The largest absolute Gasteiger partial charge is 0.478 e. The predicted octanol–water partition coefficient (Wildman–Crippen LogP) is 2.31. The molecule has 0 aliphatic carbocycles. The number of amides is 2. The molecule has 1 N–H and O–H groups in total. The molecule has 20 heavy (non-hydrogen) atoms. The van der Waals surface area contributed by atoms with Crippen molar-refractivity contribution in [1.29, 1.82) is 0 Å². The van der Waals surface area contributed by atoms with Crippen LogP contribution in [0.5, 0.6) is 0 Å². The van der Waals surface area contributed by atoms with Crippen LogP contribution in [0.2, 0.25) is 0 Å². The molecule has 1 aromatic carbocycles. The molecule has 0 atom stereocenters. The minimum absolute atomic E-state index is 0.0813. The monoisotopic (exact) mass is 274 g/mol. The molecule has 1 fully saturated rings. The maximum absolute atomic E-state index is 12.4. The van der Waals surface area contributed by atoms with Gasteiger partial charge < -0.3 is 14.9 Å². The molecule has 3 rings (SSSR count). The highest BCUT2D eigenvalue weighted by Crippen LogP contribution is 2.25. The van der Waals surface area contributed by atoms with E-state index >= 15 is 0 Å². The van der Waals surface area contributed by atoms with Crippen LogP contribution >= 0.6 is 0 Å². The number of carbonyl (C=O) groups is 2. The lowest BCUT2D eigenvalue weighted by molar-refractivity contribution is 0.0696. The van der Waals surface area contributed by atoms with E-state index in [0.29, 0.717) is 13.1 Å². The van der Waals surface area contributed by atoms with Gasteiger partial charge in [-0.05, 0) is 42.5 Å². The van der Waals surface area contributed by atoms with E-state index in [1.807, 2.05) is 15.9 Å². The zero-order valence-electron chi connectivity index (χ0n) is 11.3. The van der Waals surface area contributed by atoms with Crippen LogP contribution in [0, 0.1) is 0 Å². The first-order chi connectivity index (χ1) is 9.65. The van der Waals surface area contributed by atoms with Crippen molar-refractivity contribution in [2.75, 3.05) is 13.1 Å². The summed E-state index contributed by atoms with van der Waals surface area (Å²) in [6, 6.07) is 5.19. The van der Waals surface area contributed by atoms with Crippen molar-refractivity contribution in [3.8, 4) is 0 Å². The number of aromatic carboxylic acids is 1. The van der Waals surface area contributed by atoms with E-state index in [1.165, 1.54) is 6.42 Å². The summed E-state index contributed by atoms with van der Waals surface area (Å²) in [4.78, 5) is 27.1. The van der Waals surface area contributed by atoms with Crippen LogP contribution in [-0.2, 0) is 13.1 Å². The van der Waals surface area contributed by atoms with E-state index in [4.69, 9.17) is 5.11 Å². The molecule has 0 unspecified atom stereocenters. The van der Waals surface area contributed by atoms with Crippen LogP contribution < -0.4 is 0 Å². The lowest BCUT2D eigenvalue weighted by Crippen LogP contribution is -2.43. The summed E-state index contributed by atoms with van der Waals surface area (Å²) in [5, 5.41) is 9.01. The van der Waals surface area contributed by atoms with Crippen molar-refractivity contribution in [1.82, 2.24) is 9.80 Å². The molecular formula is C15H18N2O3. The average molecular weight is 274 g/mol. The Balaban J connectivity index is 1.73. The lowest BCUT2D eigenvalue weighted by Gasteiger charge is -2.30. The zero-order chi connectivity index (χ0) is 14.1. The molecule has 0 aromatic heterocycles. The van der Waals surface area contributed by atoms with Gasteiger partial charge in [0, 0.05) is 26.2 Å². The Morgan fingerprint density at radius 3 is 2.35 bits per heavy atom. The molecule has 1 aromatic rings. The highest BCUT2D eigenvalue weighted by Gasteiger charge is 2.28. The highest BCUT2D eigenvalue weighted by atomic mass is 16.4. The number of hydrogen-bond donors (Lipinski definition) is 1. The second-order valence-electron chi connectivity index (χ2n) is 5.47. The number of hydrogen-bond acceptors (Lipinski definition) is 2. The van der Waals surface area contributed by atoms with Gasteiger partial charge in [0.05, 0.1) is 5.56 Å². The van der Waals surface area contributed by atoms with Crippen LogP contribution in [0.25, 0.3) is 0 Å². The number of rotatable bonds is 1. The Morgan fingerprint density at radius 1 is 0.950 bits per heavy atom. The quantitative estimate of drug-likeness (QED) is 0.854. The van der Waals surface area contributed by atoms with Gasteiger partial charge >= 0.3 is 12.0 Å². The third-order valence-electron chi connectivity index (χ3n) is 4.07. The first-order valence-electron chi connectivity index (χ1n) is 7.04. The van der Waals surface area contributed by atoms with Crippen molar-refractivity contribution >= 4 is 12.0 Å². The minimum atomic E-state index is -0.923. The Hall–Kier alpha value is -2.04. The topological polar surface area (TPSA) is 60.9 Å². The standard InChI is InChI=1S/C15H18N2O3/c18-14(19)11-4-5-12-9-17(10-13(12)8-11)15(20)16-6-2-1-3-7-16/h4-5,8H,1-3,6-7,9-10H2,(H,18,19). The molecule has 2 amide bonds. The van der Waals surface area contributed by atoms with E-state index in [1.54, 1.807) is 12.1 Å². The third kappa shape index (κ3) is 2.35. The molecular weight excluding hydrogens is 256 g/mol. The zero-order valence-corrected chi connectivity index (χ0v) is 11.3. The van der Waals surface area contributed by atoms with Gasteiger partial charge in [0.1, 0.15) is 0 Å². The van der Waals surface area contributed by atoms with Gasteiger partial charge in [0.2, 0.25) is 0 Å². The Kier molecular flexibility index (Phi) is 3.34. The third-order valence-corrected chi connectivity index (χ3v) is 4.07. The van der Waals surface area contributed by atoms with Gasteiger partial charge in [-0.25, -0.2) is 9.59 Å². The van der Waals surface area contributed by atoms with Crippen LogP contribution in [0.4, 0.5) is 4.79 Å². The normalized spacial score (nSPS) is 18.0. The van der Waals surface area contributed by atoms with Crippen molar-refractivity contribution in [2.45, 2.75) is 32.4 Å². The smallest absolute Gasteiger partial charge is 0.335 e. The fourth-order valence-corrected chi connectivity index (χ4v) is 2.95. The Labute approximate surface area is 117 Å². The average Bonchev–Trinajstić information content (AvgIpc) is 2.90. The number of fused-ring (bicyclic) bond motifs is 1. The number of urea groups is 1. The van der Waals surface area contributed by atoms with Crippen molar-refractivity contribution < 1.29 is 14.7 Å². The maximum Gasteiger partial charge on any atom is 0.335 e. The van der Waals surface area contributed by atoms with Crippen LogP contribution in [0.15, 0.2) is 18.2 Å². The number of piperidine rings is 1. The molecule has 0 radical (unpaired) electrons. The van der Waals surface area contributed by atoms with E-state index in [2.05, 4.69) is 0 Å². The summed E-state index contributed by atoms with van der Waals surface area (Å²) < 4.78 is 0. The van der Waals surface area contributed by atoms with E-state index in [9.17, 15) is 9.59 Å². The number of nitrogens with zero attached hydrogens (tertiary/aromatic N) is 2. The Bertz CT molecular complexity index is 550. The number of carbonyl (C=O) groups excluding carboxylic acids is 1. The van der Waals surface area contributed by atoms with Crippen LogP contribution in [0.3, 0.4) is 0 Å². The van der Waals surface area contributed by atoms with Crippen molar-refractivity contribution in [3.05, 3.63) is 34.9 Å². The second-order valence-corrected chi connectivity index (χ2v) is 5.47. The number of likely N-dealkylation sites (tertiary alicyclic amines) is 1. The first-order valence-corrected chi connectivity index (χ1v) is 7.04. The number of carboxylic acid groups (broad SMARTS) is 1. The second kappa shape index (κ2) is 5.15. The summed E-state index contributed by atoms with van der Waals surface area (Å²) in [5.41, 5.74) is 2.30. The molecule has 2 heterocycles. The van der Waals surface area contributed by atoms with Crippen LogP contribution in [-0.4, -0.2) is 40.0 Å². The molecule has 106 valence electrons. The molecule has 0 spiro atoms. The van der Waals surface area contributed by atoms with Gasteiger partial charge in [0.15, 0.2) is 0 Å². The fraction of sp³-hybridized carbons (Fsp3) is 0.467. The molecule has 1 saturated heterocycles. The highest BCUT2D eigenvalue weighted by molar-refractivity contribution is 5.88. The van der Waals surface area contributed by atoms with Crippen LogP contribution in [0.1, 0.15) is 40.7 Å². The minimum Gasteiger partial charge on any atom is -0.478 e. The Morgan fingerprint density at radius 2 is 1.65 bits per heavy atom. The van der Waals surface area contributed by atoms with E-state index in [0.717, 1.165) is 37.1 Å². The van der Waals surface area contributed by atoms with Crippen molar-refractivity contribution in [3.63, 3.8) is 0 Å². The summed E-state index contributed by atoms with van der Waals surface area (Å²) in [6.45, 7) is 2.79. The first kappa shape index (κ1) is 13.0. The molecule has 2 aliphatic heterocycles. The van der Waals surface area contributed by atoms with E-state index in [-0.39, 0.29) is 11.6 Å². The van der Waals surface area contributed by atoms with Gasteiger partial charge in [-0.1, -0.05) is 6.07 Å². The maximum atomic E-state index is 12.4. The number of benzene rings is 1. The molecule has 0 saturated carbocycles. The van der Waals surface area contributed by atoms with Gasteiger partial charge in [-0.15, -0.1) is 0 Å². The SMILES string of the molecule is O=C(O)c1ccc2c(c1)CN(C(=O)N1CCCCC1)C2. The predicted molar refractivity (Wildman–Crippen MR) is 73.5 cm³/mol. The molecule has 2 aliphatic rings. The number of carboxylic acids is 1. The van der Waals surface area contributed by atoms with Gasteiger partial charge in [-0.3, -0.25) is 0 Å². The van der Waals surface area contributed by atoms with Gasteiger partial charge in [0.25, 0.3) is 0 Å². The van der Waals surface area contributed by atoms with Crippen molar-refractivity contribution in [2.24, 2.45) is 0 Å². The summed E-state index contributed by atoms with van der Waals surface area (Å²) in [6.07, 6.45) is 3.36. The lowest BCUT2D eigenvalue weighted by atomic mass is 10.1. The summed E-state index contributed by atoms with van der Waals surface area (Å²) in [5.74, 6) is -0.923. The van der Waals surface area contributed by atoms with E-state index < -0.39 is 5.97 Å². The fourth-order valence-electron chi connectivity index (χ4n) is 2.95.